The number of carboxylic acids is 3. The summed E-state index contributed by atoms with van der Waals surface area (Å²) in [6.45, 7) is 0.378. The van der Waals surface area contributed by atoms with Crippen molar-refractivity contribution in [1.29, 1.82) is 0 Å². The molecule has 19 heavy (non-hydrogen) atoms. The van der Waals surface area contributed by atoms with Crippen LogP contribution < -0.4 is 11.1 Å². The van der Waals surface area contributed by atoms with E-state index in [1.165, 1.54) is 0 Å². The van der Waals surface area contributed by atoms with Crippen LogP contribution in [0.4, 0.5) is 0 Å². The number of hydrogen-bond acceptors (Lipinski definition) is 5. The van der Waals surface area contributed by atoms with Crippen LogP contribution in [0.25, 0.3) is 0 Å². The summed E-state index contributed by atoms with van der Waals surface area (Å²) < 4.78 is 0. The second-order valence-corrected chi connectivity index (χ2v) is 4.22. The smallest absolute Gasteiger partial charge is 0.320 e. The van der Waals surface area contributed by atoms with Crippen molar-refractivity contribution in [2.45, 2.75) is 44.2 Å². The van der Waals surface area contributed by atoms with E-state index < -0.39 is 30.0 Å². The second-order valence-electron chi connectivity index (χ2n) is 4.22. The third-order valence-corrected chi connectivity index (χ3v) is 2.59. The average molecular weight is 276 g/mol. The lowest BCUT2D eigenvalue weighted by Gasteiger charge is -2.13. The molecule has 0 radical (unpaired) electrons. The van der Waals surface area contributed by atoms with Crippen LogP contribution in [0.3, 0.4) is 0 Å². The van der Waals surface area contributed by atoms with E-state index in [1.807, 2.05) is 0 Å². The molecule has 0 aromatic heterocycles. The SMILES string of the molecule is N[C@@H](CCCCNC(CCC(=O)O)C(=O)O)C(=O)O. The van der Waals surface area contributed by atoms with E-state index >= 15 is 0 Å². The summed E-state index contributed by atoms with van der Waals surface area (Å²) in [6.07, 6.45) is 1.26. The van der Waals surface area contributed by atoms with E-state index in [1.54, 1.807) is 0 Å². The number of nitrogens with one attached hydrogen (secondary N) is 1. The number of nitrogens with two attached hydrogens (primary N) is 1. The minimum Gasteiger partial charge on any atom is -0.481 e. The highest BCUT2D eigenvalue weighted by molar-refractivity contribution is 5.75. The zero-order valence-corrected chi connectivity index (χ0v) is 10.5. The van der Waals surface area contributed by atoms with Gasteiger partial charge in [-0.15, -0.1) is 0 Å². The Kier molecular flexibility index (Phi) is 8.47. The molecule has 0 bridgehead atoms. The zero-order chi connectivity index (χ0) is 14.8. The van der Waals surface area contributed by atoms with Crippen molar-refractivity contribution in [2.24, 2.45) is 5.73 Å². The molecule has 2 atom stereocenters. The Morgan fingerprint density at radius 3 is 2.11 bits per heavy atom. The van der Waals surface area contributed by atoms with Crippen LogP contribution in [-0.2, 0) is 14.4 Å². The lowest BCUT2D eigenvalue weighted by molar-refractivity contribution is -0.141. The van der Waals surface area contributed by atoms with Crippen molar-refractivity contribution < 1.29 is 29.7 Å². The van der Waals surface area contributed by atoms with Gasteiger partial charge in [-0.25, -0.2) is 0 Å². The maximum Gasteiger partial charge on any atom is 0.320 e. The standard InChI is InChI=1S/C11H20N2O6/c12-7(10(16)17)3-1-2-6-13-8(11(18)19)4-5-9(14)15/h7-8,13H,1-6,12H2,(H,14,15)(H,16,17)(H,18,19)/t7-,8?/m0/s1. The summed E-state index contributed by atoms with van der Waals surface area (Å²) >= 11 is 0. The van der Waals surface area contributed by atoms with Crippen molar-refractivity contribution >= 4 is 17.9 Å². The highest BCUT2D eigenvalue weighted by atomic mass is 16.4. The molecule has 110 valence electrons. The zero-order valence-electron chi connectivity index (χ0n) is 10.5. The summed E-state index contributed by atoms with van der Waals surface area (Å²) in [5.41, 5.74) is 5.31. The Hall–Kier alpha value is -1.67. The van der Waals surface area contributed by atoms with Gasteiger partial charge in [0, 0.05) is 6.42 Å². The van der Waals surface area contributed by atoms with Crippen molar-refractivity contribution in [2.75, 3.05) is 6.54 Å². The summed E-state index contributed by atoms with van der Waals surface area (Å²) in [4.78, 5) is 31.6. The van der Waals surface area contributed by atoms with Gasteiger partial charge in [-0.1, -0.05) is 6.42 Å². The predicted octanol–water partition coefficient (Wildman–Crippen LogP) is -0.524. The molecule has 0 aliphatic carbocycles. The minimum atomic E-state index is -1.09. The van der Waals surface area contributed by atoms with E-state index in [0.717, 1.165) is 0 Å². The fraction of sp³-hybridized carbons (Fsp3) is 0.727. The predicted molar refractivity (Wildman–Crippen MR) is 65.8 cm³/mol. The van der Waals surface area contributed by atoms with Gasteiger partial charge in [0.25, 0.3) is 0 Å². The number of carboxylic acid groups (broad SMARTS) is 3. The lowest BCUT2D eigenvalue weighted by atomic mass is 10.1. The number of unbranched alkanes of at least 4 members (excludes halogenated alkanes) is 1. The molecule has 0 aromatic carbocycles. The fourth-order valence-electron chi connectivity index (χ4n) is 1.47. The normalized spacial score (nSPS) is 13.7. The first-order chi connectivity index (χ1) is 8.84. The van der Waals surface area contributed by atoms with Crippen molar-refractivity contribution in [3.63, 3.8) is 0 Å². The summed E-state index contributed by atoms with van der Waals surface area (Å²) in [5.74, 6) is -3.19. The van der Waals surface area contributed by atoms with Gasteiger partial charge in [-0.3, -0.25) is 14.4 Å². The quantitative estimate of drug-likeness (QED) is 0.316. The molecule has 0 fully saturated rings. The number of carbonyl (C=O) groups is 3. The molecule has 0 rings (SSSR count). The molecule has 1 unspecified atom stereocenters. The van der Waals surface area contributed by atoms with Crippen LogP contribution in [0.1, 0.15) is 32.1 Å². The Morgan fingerprint density at radius 1 is 1.00 bits per heavy atom. The van der Waals surface area contributed by atoms with Gasteiger partial charge in [0.1, 0.15) is 12.1 Å². The van der Waals surface area contributed by atoms with Crippen molar-refractivity contribution in [1.82, 2.24) is 5.32 Å². The van der Waals surface area contributed by atoms with Gasteiger partial charge in [0.2, 0.25) is 0 Å². The highest BCUT2D eigenvalue weighted by Crippen LogP contribution is 2.01. The van der Waals surface area contributed by atoms with E-state index in [0.29, 0.717) is 25.8 Å². The van der Waals surface area contributed by atoms with E-state index in [-0.39, 0.29) is 12.8 Å². The molecule has 0 aromatic rings. The lowest BCUT2D eigenvalue weighted by Crippen LogP contribution is -2.37. The van der Waals surface area contributed by atoms with E-state index in [9.17, 15) is 14.4 Å². The molecule has 8 heteroatoms. The Labute approximate surface area is 110 Å². The maximum absolute atomic E-state index is 10.8. The molecule has 0 amide bonds. The molecule has 0 heterocycles. The van der Waals surface area contributed by atoms with Crippen molar-refractivity contribution in [3.05, 3.63) is 0 Å². The number of hydrogen-bond donors (Lipinski definition) is 5. The van der Waals surface area contributed by atoms with Crippen LogP contribution >= 0.6 is 0 Å². The fourth-order valence-corrected chi connectivity index (χ4v) is 1.47. The summed E-state index contributed by atoms with van der Waals surface area (Å²) in [5, 5.41) is 28.6. The first-order valence-corrected chi connectivity index (χ1v) is 6.01. The third kappa shape index (κ3) is 8.97. The van der Waals surface area contributed by atoms with E-state index in [2.05, 4.69) is 5.32 Å². The first kappa shape index (κ1) is 17.3. The third-order valence-electron chi connectivity index (χ3n) is 2.59. The second kappa shape index (κ2) is 9.29. The first-order valence-electron chi connectivity index (χ1n) is 6.01. The van der Waals surface area contributed by atoms with Gasteiger partial charge in [0.15, 0.2) is 0 Å². The maximum atomic E-state index is 10.8. The molecule has 0 aliphatic heterocycles. The van der Waals surface area contributed by atoms with Gasteiger partial charge in [-0.05, 0) is 25.8 Å². The van der Waals surface area contributed by atoms with Gasteiger partial charge < -0.3 is 26.4 Å². The average Bonchev–Trinajstić information content (AvgIpc) is 2.31. The largest absolute Gasteiger partial charge is 0.481 e. The van der Waals surface area contributed by atoms with Gasteiger partial charge in [-0.2, -0.15) is 0 Å². The monoisotopic (exact) mass is 276 g/mol. The Morgan fingerprint density at radius 2 is 1.63 bits per heavy atom. The summed E-state index contributed by atoms with van der Waals surface area (Å²) in [6, 6.07) is -1.80. The Balaban J connectivity index is 3.78. The van der Waals surface area contributed by atoms with Crippen LogP contribution in [0, 0.1) is 0 Å². The molecule has 0 saturated carbocycles. The van der Waals surface area contributed by atoms with Crippen LogP contribution in [0.5, 0.6) is 0 Å². The molecule has 0 spiro atoms. The molecule has 0 aliphatic rings. The van der Waals surface area contributed by atoms with E-state index in [4.69, 9.17) is 21.1 Å². The Bertz CT molecular complexity index is 320. The van der Waals surface area contributed by atoms with Crippen LogP contribution in [0.15, 0.2) is 0 Å². The molecular formula is C11H20N2O6. The molecular weight excluding hydrogens is 256 g/mol. The van der Waals surface area contributed by atoms with Crippen molar-refractivity contribution in [3.8, 4) is 0 Å². The topological polar surface area (TPSA) is 150 Å². The van der Waals surface area contributed by atoms with Gasteiger partial charge in [0.05, 0.1) is 0 Å². The molecule has 0 saturated heterocycles. The minimum absolute atomic E-state index is 0.0132. The molecule has 6 N–H and O–H groups in total. The van der Waals surface area contributed by atoms with Crippen LogP contribution in [-0.4, -0.2) is 51.9 Å². The van der Waals surface area contributed by atoms with Crippen LogP contribution in [0.2, 0.25) is 0 Å². The number of rotatable bonds is 11. The highest BCUT2D eigenvalue weighted by Gasteiger charge is 2.17. The molecule has 8 nitrogen and oxygen atoms in total. The number of aliphatic carboxylic acids is 3. The summed E-state index contributed by atoms with van der Waals surface area (Å²) in [7, 11) is 0. The van der Waals surface area contributed by atoms with Gasteiger partial charge >= 0.3 is 17.9 Å².